The third kappa shape index (κ3) is 1.12. The van der Waals surface area contributed by atoms with E-state index in [9.17, 15) is 0 Å². The van der Waals surface area contributed by atoms with E-state index in [4.69, 9.17) is 0 Å². The molecule has 62 valence electrons. The van der Waals surface area contributed by atoms with Crippen molar-refractivity contribution in [2.75, 3.05) is 0 Å². The van der Waals surface area contributed by atoms with Crippen LogP contribution in [0.1, 0.15) is 10.6 Å². The van der Waals surface area contributed by atoms with Crippen LogP contribution < -0.4 is 0 Å². The van der Waals surface area contributed by atoms with E-state index in [1.54, 1.807) is 11.3 Å². The average molecular weight is 180 g/mol. The standard InChI is InChI=1S/C7H8N4S/c1-4-5(2)12-7(10-4)6-8-3-9-11-6/h3H,1-2H3,(H,8,9,11). The monoisotopic (exact) mass is 180 g/mol. The Balaban J connectivity index is 2.48. The molecule has 12 heavy (non-hydrogen) atoms. The second-order valence-electron chi connectivity index (χ2n) is 2.49. The number of thiazole rings is 1. The number of aromatic nitrogens is 4. The van der Waals surface area contributed by atoms with Crippen molar-refractivity contribution in [2.24, 2.45) is 0 Å². The van der Waals surface area contributed by atoms with Crippen molar-refractivity contribution >= 4 is 11.3 Å². The van der Waals surface area contributed by atoms with Crippen molar-refractivity contribution in [3.05, 3.63) is 16.9 Å². The molecule has 2 aromatic heterocycles. The Morgan fingerprint density at radius 2 is 2.25 bits per heavy atom. The van der Waals surface area contributed by atoms with Gasteiger partial charge in [-0.2, -0.15) is 5.10 Å². The zero-order chi connectivity index (χ0) is 8.55. The highest BCUT2D eigenvalue weighted by Gasteiger charge is 2.07. The summed E-state index contributed by atoms with van der Waals surface area (Å²) >= 11 is 1.63. The lowest BCUT2D eigenvalue weighted by Gasteiger charge is -1.83. The van der Waals surface area contributed by atoms with E-state index in [-0.39, 0.29) is 0 Å². The molecule has 0 bridgehead atoms. The summed E-state index contributed by atoms with van der Waals surface area (Å²) in [5.74, 6) is 0.746. The Morgan fingerprint density at radius 1 is 1.42 bits per heavy atom. The first-order valence-corrected chi connectivity index (χ1v) is 4.39. The minimum Gasteiger partial charge on any atom is -0.257 e. The maximum atomic E-state index is 4.34. The van der Waals surface area contributed by atoms with Gasteiger partial charge in [-0.05, 0) is 13.8 Å². The van der Waals surface area contributed by atoms with Crippen molar-refractivity contribution in [1.29, 1.82) is 0 Å². The summed E-state index contributed by atoms with van der Waals surface area (Å²) in [7, 11) is 0. The highest BCUT2D eigenvalue weighted by molar-refractivity contribution is 7.15. The van der Waals surface area contributed by atoms with Gasteiger partial charge in [0, 0.05) is 4.88 Å². The Labute approximate surface area is 73.7 Å². The van der Waals surface area contributed by atoms with Gasteiger partial charge in [-0.15, -0.1) is 11.3 Å². The molecule has 0 atom stereocenters. The Kier molecular flexibility index (Phi) is 1.65. The summed E-state index contributed by atoms with van der Waals surface area (Å²) in [6, 6.07) is 0. The fourth-order valence-electron chi connectivity index (χ4n) is 0.883. The number of aromatic amines is 1. The number of nitrogens with one attached hydrogen (secondary N) is 1. The topological polar surface area (TPSA) is 54.5 Å². The van der Waals surface area contributed by atoms with Gasteiger partial charge in [0.15, 0.2) is 10.8 Å². The Bertz CT molecular complexity index is 357. The number of rotatable bonds is 1. The van der Waals surface area contributed by atoms with Crippen LogP contribution in [-0.4, -0.2) is 20.2 Å². The molecule has 4 nitrogen and oxygen atoms in total. The third-order valence-corrected chi connectivity index (χ3v) is 2.73. The number of hydrogen-bond donors (Lipinski definition) is 1. The average Bonchev–Trinajstić information content (AvgIpc) is 2.61. The highest BCUT2D eigenvalue weighted by atomic mass is 32.1. The molecule has 0 fully saturated rings. The van der Waals surface area contributed by atoms with Crippen molar-refractivity contribution in [1.82, 2.24) is 20.2 Å². The van der Waals surface area contributed by atoms with Gasteiger partial charge >= 0.3 is 0 Å². The molecule has 0 aromatic carbocycles. The third-order valence-electron chi connectivity index (χ3n) is 1.65. The van der Waals surface area contributed by atoms with E-state index in [0.717, 1.165) is 16.5 Å². The molecule has 0 saturated heterocycles. The fourth-order valence-corrected chi connectivity index (χ4v) is 1.74. The zero-order valence-corrected chi connectivity index (χ0v) is 7.64. The van der Waals surface area contributed by atoms with E-state index >= 15 is 0 Å². The van der Waals surface area contributed by atoms with Crippen LogP contribution in [0.2, 0.25) is 0 Å². The predicted molar refractivity (Wildman–Crippen MR) is 47.0 cm³/mol. The molecule has 0 radical (unpaired) electrons. The van der Waals surface area contributed by atoms with Crippen LogP contribution in [0.15, 0.2) is 6.33 Å². The summed E-state index contributed by atoms with van der Waals surface area (Å²) in [6.07, 6.45) is 1.49. The minimum absolute atomic E-state index is 0.746. The molecule has 0 unspecified atom stereocenters. The van der Waals surface area contributed by atoms with Crippen LogP contribution in [0, 0.1) is 13.8 Å². The van der Waals surface area contributed by atoms with Crippen LogP contribution in [0.4, 0.5) is 0 Å². The smallest absolute Gasteiger partial charge is 0.184 e. The second-order valence-corrected chi connectivity index (χ2v) is 3.70. The number of hydrogen-bond acceptors (Lipinski definition) is 4. The quantitative estimate of drug-likeness (QED) is 0.724. The molecule has 0 aliphatic heterocycles. The molecule has 0 amide bonds. The molecular weight excluding hydrogens is 172 g/mol. The molecule has 0 aliphatic rings. The summed E-state index contributed by atoms with van der Waals surface area (Å²) in [5, 5.41) is 7.45. The van der Waals surface area contributed by atoms with Crippen LogP contribution >= 0.6 is 11.3 Å². The van der Waals surface area contributed by atoms with Gasteiger partial charge in [0.25, 0.3) is 0 Å². The molecule has 0 spiro atoms. The lowest BCUT2D eigenvalue weighted by molar-refractivity contribution is 1.09. The van der Waals surface area contributed by atoms with Gasteiger partial charge in [-0.3, -0.25) is 5.10 Å². The predicted octanol–water partition coefficient (Wildman–Crippen LogP) is 1.55. The highest BCUT2D eigenvalue weighted by Crippen LogP contribution is 2.23. The molecule has 2 rings (SSSR count). The first kappa shape index (κ1) is 7.42. The Hall–Kier alpha value is -1.23. The van der Waals surface area contributed by atoms with E-state index in [1.807, 2.05) is 13.8 Å². The molecule has 0 aliphatic carbocycles. The summed E-state index contributed by atoms with van der Waals surface area (Å²) < 4.78 is 0. The normalized spacial score (nSPS) is 10.5. The van der Waals surface area contributed by atoms with Crippen molar-refractivity contribution in [2.45, 2.75) is 13.8 Å². The molecule has 0 saturated carbocycles. The fraction of sp³-hybridized carbons (Fsp3) is 0.286. The van der Waals surface area contributed by atoms with Gasteiger partial charge in [0.2, 0.25) is 0 Å². The second kappa shape index (κ2) is 2.67. The van der Waals surface area contributed by atoms with Gasteiger partial charge in [0.05, 0.1) is 5.69 Å². The molecule has 2 aromatic rings. The van der Waals surface area contributed by atoms with E-state index in [1.165, 1.54) is 11.2 Å². The molecule has 2 heterocycles. The maximum absolute atomic E-state index is 4.34. The van der Waals surface area contributed by atoms with Gasteiger partial charge in [0.1, 0.15) is 6.33 Å². The van der Waals surface area contributed by atoms with E-state index in [0.29, 0.717) is 0 Å². The summed E-state index contributed by atoms with van der Waals surface area (Å²) in [4.78, 5) is 9.58. The first-order chi connectivity index (χ1) is 5.77. The van der Waals surface area contributed by atoms with Crippen LogP contribution in [-0.2, 0) is 0 Å². The van der Waals surface area contributed by atoms with Crippen molar-refractivity contribution < 1.29 is 0 Å². The van der Waals surface area contributed by atoms with Gasteiger partial charge < -0.3 is 0 Å². The summed E-state index contributed by atoms with van der Waals surface area (Å²) in [6.45, 7) is 4.04. The summed E-state index contributed by atoms with van der Waals surface area (Å²) in [5.41, 5.74) is 1.06. The Morgan fingerprint density at radius 3 is 2.75 bits per heavy atom. The zero-order valence-electron chi connectivity index (χ0n) is 6.83. The van der Waals surface area contributed by atoms with Crippen LogP contribution in [0.25, 0.3) is 10.8 Å². The lowest BCUT2D eigenvalue weighted by atomic mass is 10.4. The molecular formula is C7H8N4S. The van der Waals surface area contributed by atoms with Crippen molar-refractivity contribution in [3.8, 4) is 10.8 Å². The number of H-pyrrole nitrogens is 1. The molecule has 5 heteroatoms. The maximum Gasteiger partial charge on any atom is 0.184 e. The first-order valence-electron chi connectivity index (χ1n) is 3.57. The number of aryl methyl sites for hydroxylation is 2. The minimum atomic E-state index is 0.746. The molecule has 1 N–H and O–H groups in total. The van der Waals surface area contributed by atoms with E-state index < -0.39 is 0 Å². The van der Waals surface area contributed by atoms with Crippen molar-refractivity contribution in [3.63, 3.8) is 0 Å². The van der Waals surface area contributed by atoms with Crippen LogP contribution in [0.5, 0.6) is 0 Å². The number of nitrogens with zero attached hydrogens (tertiary/aromatic N) is 3. The van der Waals surface area contributed by atoms with Gasteiger partial charge in [-0.25, -0.2) is 9.97 Å². The largest absolute Gasteiger partial charge is 0.257 e. The SMILES string of the molecule is Cc1nc(-c2ncn[nH]2)sc1C. The van der Waals surface area contributed by atoms with E-state index in [2.05, 4.69) is 20.2 Å². The van der Waals surface area contributed by atoms with Crippen LogP contribution in [0.3, 0.4) is 0 Å². The van der Waals surface area contributed by atoms with Gasteiger partial charge in [-0.1, -0.05) is 0 Å². The lowest BCUT2D eigenvalue weighted by Crippen LogP contribution is -1.79.